The molecule has 0 aliphatic rings. The average Bonchev–Trinajstić information content (AvgIpc) is 1.74. The predicted octanol–water partition coefficient (Wildman–Crippen LogP) is 32.3. The lowest BCUT2D eigenvalue weighted by Gasteiger charge is -2.28. The Morgan fingerprint density at radius 3 is 0.956 bits per heavy atom. The minimum absolute atomic E-state index is 1.06. The molecule has 0 bridgehead atoms. The topological polar surface area (TPSA) is 6.48 Å². The molecule has 21 aromatic rings. The van der Waals surface area contributed by atoms with Crippen molar-refractivity contribution in [3.8, 4) is 111 Å². The van der Waals surface area contributed by atoms with Crippen LogP contribution in [0.5, 0.6) is 0 Å². The highest BCUT2D eigenvalue weighted by molar-refractivity contribution is 7.26. The molecule has 0 N–H and O–H groups in total. The molecule has 0 unspecified atom stereocenters. The standard InChI is InChI=1S/C110H72N2S2/c1-3-20-73(21-4-1)77-40-44-79(45-41-77)81-52-59-93(60-53-81)111(105-37-14-11-30-97(105)101-33-18-35-103-99-32-13-16-39-107(99)113-109(101)103)94-63-56-83(57-64-94)90-68-91(88-51-49-76-25-8-10-27-85(76)67-88)70-92(69-90)89-58-65-100-104-36-19-34-102(110(104)114-108(100)72-89)98-31-12-15-38-106(98)112(96-29-17-28-86(71-96)87-50-48-75-24-7-9-26-84(75)66-87)95-61-54-82(55-62-95)80-46-42-78(43-47-80)74-22-5-2-6-23-74/h1-72H. The highest BCUT2D eigenvalue weighted by atomic mass is 32.1. The van der Waals surface area contributed by atoms with Crippen LogP contribution in [0.3, 0.4) is 0 Å². The fraction of sp³-hybridized carbons (Fsp3) is 0. The summed E-state index contributed by atoms with van der Waals surface area (Å²) in [6.07, 6.45) is 0. The molecule has 0 radical (unpaired) electrons. The first-order chi connectivity index (χ1) is 56.5. The number of hydrogen-bond acceptors (Lipinski definition) is 4. The number of thiophene rings is 2. The number of hydrogen-bond donors (Lipinski definition) is 0. The zero-order valence-corrected chi connectivity index (χ0v) is 63.9. The maximum absolute atomic E-state index is 2.45. The molecule has 19 aromatic carbocycles. The molecule has 0 atom stereocenters. The van der Waals surface area contributed by atoms with Gasteiger partial charge < -0.3 is 9.80 Å². The molecule has 534 valence electrons. The van der Waals surface area contributed by atoms with E-state index in [1.54, 1.807) is 0 Å². The second kappa shape index (κ2) is 29.2. The molecule has 0 aliphatic carbocycles. The van der Waals surface area contributed by atoms with Crippen LogP contribution in [0.1, 0.15) is 0 Å². The average molecular weight is 1490 g/mol. The van der Waals surface area contributed by atoms with E-state index in [1.165, 1.54) is 123 Å². The first-order valence-corrected chi connectivity index (χ1v) is 40.6. The van der Waals surface area contributed by atoms with Gasteiger partial charge in [-0.2, -0.15) is 0 Å². The predicted molar refractivity (Wildman–Crippen MR) is 491 cm³/mol. The third kappa shape index (κ3) is 12.8. The lowest BCUT2D eigenvalue weighted by atomic mass is 9.92. The summed E-state index contributed by atoms with van der Waals surface area (Å²) in [7, 11) is 0. The van der Waals surface area contributed by atoms with Gasteiger partial charge in [0.25, 0.3) is 0 Å². The summed E-state index contributed by atoms with van der Waals surface area (Å²) in [6.45, 7) is 0. The Hall–Kier alpha value is -14.3. The number of benzene rings is 19. The van der Waals surface area contributed by atoms with Crippen molar-refractivity contribution in [1.82, 2.24) is 0 Å². The van der Waals surface area contributed by atoms with E-state index in [0.29, 0.717) is 0 Å². The molecule has 0 saturated carbocycles. The van der Waals surface area contributed by atoms with Crippen LogP contribution in [-0.2, 0) is 0 Å². The van der Waals surface area contributed by atoms with E-state index in [4.69, 9.17) is 0 Å². The third-order valence-electron chi connectivity index (χ3n) is 22.7. The van der Waals surface area contributed by atoms with E-state index in [-0.39, 0.29) is 0 Å². The Bertz CT molecular complexity index is 7180. The summed E-state index contributed by atoms with van der Waals surface area (Å²) >= 11 is 3.76. The highest BCUT2D eigenvalue weighted by Gasteiger charge is 2.24. The largest absolute Gasteiger partial charge is 0.310 e. The molecule has 0 amide bonds. The Morgan fingerprint density at radius 2 is 0.456 bits per heavy atom. The van der Waals surface area contributed by atoms with Crippen LogP contribution in [0.4, 0.5) is 34.1 Å². The van der Waals surface area contributed by atoms with Crippen LogP contribution >= 0.6 is 22.7 Å². The summed E-state index contributed by atoms with van der Waals surface area (Å²) < 4.78 is 5.06. The molecule has 0 aliphatic heterocycles. The van der Waals surface area contributed by atoms with Crippen LogP contribution in [0.25, 0.3) is 173 Å². The molecule has 2 nitrogen and oxygen atoms in total. The Balaban J connectivity index is 0.662. The first-order valence-electron chi connectivity index (χ1n) is 39.0. The highest BCUT2D eigenvalue weighted by Crippen LogP contribution is 2.51. The normalized spacial score (nSPS) is 11.5. The molecule has 2 aromatic heterocycles. The van der Waals surface area contributed by atoms with E-state index in [2.05, 4.69) is 447 Å². The van der Waals surface area contributed by atoms with Gasteiger partial charge >= 0.3 is 0 Å². The van der Waals surface area contributed by atoms with Crippen molar-refractivity contribution in [3.63, 3.8) is 0 Å². The van der Waals surface area contributed by atoms with Crippen molar-refractivity contribution in [3.05, 3.63) is 437 Å². The molecule has 21 rings (SSSR count). The molecule has 0 saturated heterocycles. The van der Waals surface area contributed by atoms with Crippen molar-refractivity contribution in [1.29, 1.82) is 0 Å². The van der Waals surface area contributed by atoms with Gasteiger partial charge in [-0.3, -0.25) is 0 Å². The van der Waals surface area contributed by atoms with Crippen molar-refractivity contribution >= 4 is 119 Å². The van der Waals surface area contributed by atoms with Gasteiger partial charge in [-0.25, -0.2) is 0 Å². The fourth-order valence-corrected chi connectivity index (χ4v) is 19.4. The van der Waals surface area contributed by atoms with Crippen molar-refractivity contribution in [2.45, 2.75) is 0 Å². The van der Waals surface area contributed by atoms with Crippen LogP contribution < -0.4 is 9.80 Å². The number of nitrogens with zero attached hydrogens (tertiary/aromatic N) is 2. The van der Waals surface area contributed by atoms with Crippen molar-refractivity contribution < 1.29 is 0 Å². The van der Waals surface area contributed by atoms with Gasteiger partial charge in [0.1, 0.15) is 0 Å². The monoisotopic (exact) mass is 1480 g/mol. The first kappa shape index (κ1) is 67.8. The summed E-state index contributed by atoms with van der Waals surface area (Å²) in [5.74, 6) is 0. The Labute approximate surface area is 671 Å². The molecule has 4 heteroatoms. The Morgan fingerprint density at radius 1 is 0.149 bits per heavy atom. The number of para-hydroxylation sites is 2. The quantitative estimate of drug-likeness (QED) is 0.0951. The lowest BCUT2D eigenvalue weighted by molar-refractivity contribution is 1.28. The van der Waals surface area contributed by atoms with E-state index >= 15 is 0 Å². The number of fused-ring (bicyclic) bond motifs is 8. The number of rotatable bonds is 16. The zero-order chi connectivity index (χ0) is 75.4. The lowest BCUT2D eigenvalue weighted by Crippen LogP contribution is -2.11. The van der Waals surface area contributed by atoms with Crippen LogP contribution in [0.2, 0.25) is 0 Å². The van der Waals surface area contributed by atoms with Gasteiger partial charge in [0, 0.05) is 85.3 Å². The maximum atomic E-state index is 2.45. The molecule has 0 spiro atoms. The van der Waals surface area contributed by atoms with Gasteiger partial charge in [0.15, 0.2) is 0 Å². The zero-order valence-electron chi connectivity index (χ0n) is 62.3. The van der Waals surface area contributed by atoms with Crippen LogP contribution in [0, 0.1) is 0 Å². The summed E-state index contributed by atoms with van der Waals surface area (Å²) in [6, 6.07) is 161. The van der Waals surface area contributed by atoms with Crippen LogP contribution in [-0.4, -0.2) is 0 Å². The van der Waals surface area contributed by atoms with E-state index < -0.39 is 0 Å². The van der Waals surface area contributed by atoms with Crippen LogP contribution in [0.15, 0.2) is 437 Å². The fourth-order valence-electron chi connectivity index (χ4n) is 16.9. The molecule has 2 heterocycles. The minimum Gasteiger partial charge on any atom is -0.310 e. The van der Waals surface area contributed by atoms with Crippen molar-refractivity contribution in [2.24, 2.45) is 0 Å². The van der Waals surface area contributed by atoms with Gasteiger partial charge in [-0.05, 0) is 214 Å². The maximum Gasteiger partial charge on any atom is 0.0540 e. The molecular weight excluding hydrogens is 1410 g/mol. The summed E-state index contributed by atoms with van der Waals surface area (Å²) in [4.78, 5) is 4.90. The SMILES string of the molecule is c1ccc(-c2ccc(-c3ccc(N(c4ccc(-c5cc(-c6ccc7ccccc7c6)cc(-c6ccc7c(c6)sc6c(-c8ccccc8N(c8ccc(-c9ccc(-c%10ccccc%10)cc9)cc8)c8cccc(-c9ccc%10ccccc%10c9)c8)cccc67)c5)cc4)c4ccccc4-c4cccc5c4sc4ccccc45)cc3)cc2)cc1. The summed E-state index contributed by atoms with van der Waals surface area (Å²) in [5, 5.41) is 9.94. The minimum atomic E-state index is 1.06. The van der Waals surface area contributed by atoms with Gasteiger partial charge in [0.2, 0.25) is 0 Å². The van der Waals surface area contributed by atoms with E-state index in [1.807, 2.05) is 22.7 Å². The second-order valence-electron chi connectivity index (χ2n) is 29.5. The Kier molecular flexibility index (Phi) is 17.4. The van der Waals surface area contributed by atoms with Gasteiger partial charge in [0.05, 0.1) is 11.4 Å². The summed E-state index contributed by atoms with van der Waals surface area (Å²) in [5.41, 5.74) is 30.0. The van der Waals surface area contributed by atoms with Crippen molar-refractivity contribution in [2.75, 3.05) is 9.80 Å². The third-order valence-corrected chi connectivity index (χ3v) is 25.1. The smallest absolute Gasteiger partial charge is 0.0540 e. The number of anilines is 6. The van der Waals surface area contributed by atoms with Gasteiger partial charge in [-0.1, -0.05) is 334 Å². The molecule has 0 fully saturated rings. The van der Waals surface area contributed by atoms with Gasteiger partial charge in [-0.15, -0.1) is 22.7 Å². The molecule has 114 heavy (non-hydrogen) atoms. The second-order valence-corrected chi connectivity index (χ2v) is 31.6. The molecular formula is C110H72N2S2. The van der Waals surface area contributed by atoms with E-state index in [0.717, 1.165) is 84.2 Å². The van der Waals surface area contributed by atoms with E-state index in [9.17, 15) is 0 Å².